The van der Waals surface area contributed by atoms with E-state index in [1.807, 2.05) is 37.3 Å². The molecule has 7 heteroatoms. The van der Waals surface area contributed by atoms with E-state index in [2.05, 4.69) is 4.98 Å². The molecule has 0 bridgehead atoms. The first-order valence-corrected chi connectivity index (χ1v) is 9.32. The van der Waals surface area contributed by atoms with Gasteiger partial charge in [0.1, 0.15) is 11.1 Å². The van der Waals surface area contributed by atoms with Crippen molar-refractivity contribution in [3.05, 3.63) is 75.8 Å². The second-order valence-electron chi connectivity index (χ2n) is 6.66. The predicted octanol–water partition coefficient (Wildman–Crippen LogP) is 3.93. The molecule has 2 atom stereocenters. The van der Waals surface area contributed by atoms with Gasteiger partial charge in [-0.05, 0) is 36.8 Å². The number of halogens is 1. The third kappa shape index (κ3) is 3.67. The molecule has 6 nitrogen and oxygen atoms in total. The molecule has 0 amide bonds. The summed E-state index contributed by atoms with van der Waals surface area (Å²) in [7, 11) is 0. The Bertz CT molecular complexity index is 1170. The Hall–Kier alpha value is -2.67. The van der Waals surface area contributed by atoms with Crippen LogP contribution in [0.3, 0.4) is 0 Å². The van der Waals surface area contributed by atoms with Gasteiger partial charge in [-0.1, -0.05) is 35.9 Å². The summed E-state index contributed by atoms with van der Waals surface area (Å²) in [5.74, 6) is 0. The fourth-order valence-electron chi connectivity index (χ4n) is 3.11. The summed E-state index contributed by atoms with van der Waals surface area (Å²) in [4.78, 5) is 17.0. The van der Waals surface area contributed by atoms with Gasteiger partial charge in [0, 0.05) is 10.4 Å². The number of nitrogens with zero attached hydrogens (tertiary/aromatic N) is 2. The summed E-state index contributed by atoms with van der Waals surface area (Å²) >= 11 is 5.89. The largest absolute Gasteiger partial charge is 0.448 e. The lowest BCUT2D eigenvalue weighted by molar-refractivity contribution is -0.00912. The third-order valence-electron chi connectivity index (χ3n) is 4.64. The number of hydrogen-bond donors (Lipinski definition) is 1. The van der Waals surface area contributed by atoms with E-state index in [4.69, 9.17) is 20.8 Å². The molecule has 1 N–H and O–H groups in total. The predicted molar refractivity (Wildman–Crippen MR) is 108 cm³/mol. The zero-order valence-electron chi connectivity index (χ0n) is 15.2. The minimum atomic E-state index is -0.865. The maximum absolute atomic E-state index is 12.7. The van der Waals surface area contributed by atoms with Crippen LogP contribution < -0.4 is 5.56 Å². The maximum atomic E-state index is 12.7. The Morgan fingerprint density at radius 2 is 1.96 bits per heavy atom. The fourth-order valence-corrected chi connectivity index (χ4v) is 3.24. The molecule has 4 aromatic rings. The monoisotopic (exact) mass is 398 g/mol. The quantitative estimate of drug-likeness (QED) is 0.532. The molecule has 2 heterocycles. The standard InChI is InChI=1S/C21H19ClN2O4/c1-13(14-6-8-15(22)9-7-14)27-11-16(25)10-24-12-23-19-17-4-2-3-5-18(17)28-20(19)21(24)26/h2-9,12-13,16,25H,10-11H2,1H3. The van der Waals surface area contributed by atoms with Gasteiger partial charge in [-0.15, -0.1) is 0 Å². The molecule has 0 saturated carbocycles. The summed E-state index contributed by atoms with van der Waals surface area (Å²) < 4.78 is 12.7. The third-order valence-corrected chi connectivity index (χ3v) is 4.89. The molecule has 144 valence electrons. The molecule has 4 rings (SSSR count). The van der Waals surface area contributed by atoms with Gasteiger partial charge in [0.2, 0.25) is 5.58 Å². The van der Waals surface area contributed by atoms with Crippen molar-refractivity contribution < 1.29 is 14.3 Å². The zero-order valence-corrected chi connectivity index (χ0v) is 16.0. The number of hydrogen-bond acceptors (Lipinski definition) is 5. The molecular weight excluding hydrogens is 380 g/mol. The van der Waals surface area contributed by atoms with Crippen molar-refractivity contribution in [2.75, 3.05) is 6.61 Å². The van der Waals surface area contributed by atoms with Crippen LogP contribution in [0.1, 0.15) is 18.6 Å². The van der Waals surface area contributed by atoms with E-state index in [9.17, 15) is 9.90 Å². The van der Waals surface area contributed by atoms with Crippen LogP contribution >= 0.6 is 11.6 Å². The van der Waals surface area contributed by atoms with Crippen LogP contribution in [-0.2, 0) is 11.3 Å². The Kier molecular flexibility index (Phi) is 5.17. The van der Waals surface area contributed by atoms with Crippen molar-refractivity contribution in [3.8, 4) is 0 Å². The molecule has 2 unspecified atom stereocenters. The number of benzene rings is 2. The van der Waals surface area contributed by atoms with E-state index < -0.39 is 6.10 Å². The van der Waals surface area contributed by atoms with Crippen LogP contribution in [0.25, 0.3) is 22.1 Å². The number of aliphatic hydroxyl groups excluding tert-OH is 1. The molecule has 0 fully saturated rings. The summed E-state index contributed by atoms with van der Waals surface area (Å²) in [6.45, 7) is 2.03. The molecule has 0 aliphatic heterocycles. The van der Waals surface area contributed by atoms with Crippen molar-refractivity contribution >= 4 is 33.7 Å². The van der Waals surface area contributed by atoms with Gasteiger partial charge in [0.15, 0.2) is 0 Å². The molecule has 2 aromatic carbocycles. The first kappa shape index (κ1) is 18.7. The summed E-state index contributed by atoms with van der Waals surface area (Å²) in [5, 5.41) is 11.8. The van der Waals surface area contributed by atoms with E-state index >= 15 is 0 Å². The zero-order chi connectivity index (χ0) is 19.7. The van der Waals surface area contributed by atoms with E-state index in [1.165, 1.54) is 10.9 Å². The van der Waals surface area contributed by atoms with Crippen LogP contribution in [0.15, 0.2) is 64.1 Å². The maximum Gasteiger partial charge on any atom is 0.297 e. The van der Waals surface area contributed by atoms with E-state index in [0.717, 1.165) is 10.9 Å². The first-order valence-electron chi connectivity index (χ1n) is 8.95. The van der Waals surface area contributed by atoms with E-state index in [-0.39, 0.29) is 30.4 Å². The topological polar surface area (TPSA) is 77.5 Å². The lowest BCUT2D eigenvalue weighted by atomic mass is 10.1. The number of rotatable bonds is 6. The van der Waals surface area contributed by atoms with Gasteiger partial charge in [-0.25, -0.2) is 4.98 Å². The molecule has 28 heavy (non-hydrogen) atoms. The number of aromatic nitrogens is 2. The Labute approximate surface area is 165 Å². The molecule has 2 aromatic heterocycles. The van der Waals surface area contributed by atoms with Crippen molar-refractivity contribution in [2.45, 2.75) is 25.7 Å². The Morgan fingerprint density at radius 1 is 1.21 bits per heavy atom. The fraction of sp³-hybridized carbons (Fsp3) is 0.238. The lowest BCUT2D eigenvalue weighted by Crippen LogP contribution is -2.29. The van der Waals surface area contributed by atoms with Crippen molar-refractivity contribution in [1.82, 2.24) is 9.55 Å². The van der Waals surface area contributed by atoms with Gasteiger partial charge in [0.05, 0.1) is 31.7 Å². The smallest absolute Gasteiger partial charge is 0.297 e. The van der Waals surface area contributed by atoms with Crippen molar-refractivity contribution in [3.63, 3.8) is 0 Å². The molecule has 0 saturated heterocycles. The number of fused-ring (bicyclic) bond motifs is 3. The van der Waals surface area contributed by atoms with Crippen molar-refractivity contribution in [1.29, 1.82) is 0 Å². The highest BCUT2D eigenvalue weighted by Gasteiger charge is 2.16. The summed E-state index contributed by atoms with van der Waals surface area (Å²) in [5.41, 5.74) is 1.95. The average molecular weight is 399 g/mol. The van der Waals surface area contributed by atoms with Gasteiger partial charge in [-0.2, -0.15) is 0 Å². The summed E-state index contributed by atoms with van der Waals surface area (Å²) in [6, 6.07) is 14.7. The van der Waals surface area contributed by atoms with Gasteiger partial charge >= 0.3 is 0 Å². The average Bonchev–Trinajstić information content (AvgIpc) is 3.08. The highest BCUT2D eigenvalue weighted by molar-refractivity contribution is 6.30. The highest BCUT2D eigenvalue weighted by Crippen LogP contribution is 2.24. The molecule has 0 aliphatic carbocycles. The number of para-hydroxylation sites is 1. The van der Waals surface area contributed by atoms with Crippen LogP contribution in [0.5, 0.6) is 0 Å². The van der Waals surface area contributed by atoms with Crippen LogP contribution in [0.4, 0.5) is 0 Å². The Balaban J connectivity index is 1.46. The lowest BCUT2D eigenvalue weighted by Gasteiger charge is -2.17. The Morgan fingerprint density at radius 3 is 2.75 bits per heavy atom. The SMILES string of the molecule is CC(OCC(O)Cn1cnc2c(oc3ccccc32)c1=O)c1ccc(Cl)cc1. The molecule has 0 aliphatic rings. The summed E-state index contributed by atoms with van der Waals surface area (Å²) in [6.07, 6.45) is 0.356. The first-order chi connectivity index (χ1) is 13.5. The van der Waals surface area contributed by atoms with Crippen LogP contribution in [0, 0.1) is 0 Å². The van der Waals surface area contributed by atoms with Gasteiger partial charge in [0.25, 0.3) is 5.56 Å². The molecule has 0 radical (unpaired) electrons. The van der Waals surface area contributed by atoms with Crippen LogP contribution in [0.2, 0.25) is 5.02 Å². The van der Waals surface area contributed by atoms with Gasteiger partial charge < -0.3 is 14.3 Å². The van der Waals surface area contributed by atoms with Gasteiger partial charge in [-0.3, -0.25) is 9.36 Å². The normalized spacial score (nSPS) is 13.8. The minimum absolute atomic E-state index is 0.0617. The highest BCUT2D eigenvalue weighted by atomic mass is 35.5. The molecular formula is C21H19ClN2O4. The minimum Gasteiger partial charge on any atom is -0.448 e. The second kappa shape index (κ2) is 7.75. The molecule has 0 spiro atoms. The number of furan rings is 1. The number of aliphatic hydroxyl groups is 1. The van der Waals surface area contributed by atoms with Crippen LogP contribution in [-0.4, -0.2) is 27.4 Å². The van der Waals surface area contributed by atoms with E-state index in [0.29, 0.717) is 16.1 Å². The second-order valence-corrected chi connectivity index (χ2v) is 7.10. The number of ether oxygens (including phenoxy) is 1. The van der Waals surface area contributed by atoms with Crippen molar-refractivity contribution in [2.24, 2.45) is 0 Å². The van der Waals surface area contributed by atoms with E-state index in [1.54, 1.807) is 18.2 Å².